The average molecular weight is 423 g/mol. The van der Waals surface area contributed by atoms with Gasteiger partial charge in [-0.3, -0.25) is 0 Å². The SMILES string of the molecule is Cc1c(CN=C(N)N2CCOCC2)noc1CCc1ccc(-c2ccccc2)c(F)c1. The molecule has 6 nitrogen and oxygen atoms in total. The van der Waals surface area contributed by atoms with E-state index in [9.17, 15) is 4.39 Å². The van der Waals surface area contributed by atoms with Crippen molar-refractivity contribution in [1.82, 2.24) is 10.1 Å². The van der Waals surface area contributed by atoms with E-state index in [1.54, 1.807) is 6.07 Å². The minimum atomic E-state index is -0.216. The fourth-order valence-electron chi connectivity index (χ4n) is 3.66. The molecule has 7 heteroatoms. The molecule has 31 heavy (non-hydrogen) atoms. The van der Waals surface area contributed by atoms with Gasteiger partial charge in [-0.25, -0.2) is 9.38 Å². The van der Waals surface area contributed by atoms with Gasteiger partial charge in [0.15, 0.2) is 5.96 Å². The standard InChI is InChI=1S/C24H27FN4O2/c1-17-22(16-27-24(26)29-11-13-30-14-12-29)28-31-23(17)10-8-18-7-9-20(21(25)15-18)19-5-3-2-4-6-19/h2-7,9,15H,8,10-14,16H2,1H3,(H2,26,27). The number of nitrogens with two attached hydrogens (primary N) is 1. The van der Waals surface area contributed by atoms with Gasteiger partial charge in [0.2, 0.25) is 0 Å². The molecule has 0 aliphatic carbocycles. The number of morpholine rings is 1. The van der Waals surface area contributed by atoms with Crippen molar-refractivity contribution in [3.05, 3.63) is 76.9 Å². The zero-order valence-electron chi connectivity index (χ0n) is 17.7. The van der Waals surface area contributed by atoms with E-state index in [2.05, 4.69) is 10.1 Å². The Morgan fingerprint density at radius 2 is 1.90 bits per heavy atom. The van der Waals surface area contributed by atoms with E-state index in [4.69, 9.17) is 15.0 Å². The smallest absolute Gasteiger partial charge is 0.191 e. The summed E-state index contributed by atoms with van der Waals surface area (Å²) in [6, 6.07) is 15.0. The summed E-state index contributed by atoms with van der Waals surface area (Å²) in [6.07, 6.45) is 1.31. The molecule has 0 amide bonds. The van der Waals surface area contributed by atoms with E-state index >= 15 is 0 Å². The van der Waals surface area contributed by atoms with Crippen LogP contribution in [-0.2, 0) is 24.1 Å². The molecular weight excluding hydrogens is 395 g/mol. The second-order valence-electron chi connectivity index (χ2n) is 7.63. The highest BCUT2D eigenvalue weighted by Crippen LogP contribution is 2.24. The molecule has 162 valence electrons. The Kier molecular flexibility index (Phi) is 6.62. The molecule has 2 N–H and O–H groups in total. The molecule has 1 aromatic heterocycles. The topological polar surface area (TPSA) is 76.9 Å². The molecule has 0 unspecified atom stereocenters. The van der Waals surface area contributed by atoms with Gasteiger partial charge >= 0.3 is 0 Å². The van der Waals surface area contributed by atoms with Crippen LogP contribution in [0, 0.1) is 12.7 Å². The van der Waals surface area contributed by atoms with Crippen LogP contribution in [0.5, 0.6) is 0 Å². The van der Waals surface area contributed by atoms with Gasteiger partial charge in [-0.1, -0.05) is 47.6 Å². The number of ether oxygens (including phenoxy) is 1. The van der Waals surface area contributed by atoms with Gasteiger partial charge in [0, 0.05) is 30.6 Å². The molecule has 1 saturated heterocycles. The molecule has 0 saturated carbocycles. The predicted octanol–water partition coefficient (Wildman–Crippen LogP) is 3.72. The number of hydrogen-bond acceptors (Lipinski definition) is 4. The third kappa shape index (κ3) is 5.11. The van der Waals surface area contributed by atoms with E-state index in [0.29, 0.717) is 44.1 Å². The van der Waals surface area contributed by atoms with Crippen molar-refractivity contribution in [3.63, 3.8) is 0 Å². The van der Waals surface area contributed by atoms with Crippen molar-refractivity contribution in [2.45, 2.75) is 26.3 Å². The molecule has 0 spiro atoms. The second-order valence-corrected chi connectivity index (χ2v) is 7.63. The van der Waals surface area contributed by atoms with Crippen molar-refractivity contribution >= 4 is 5.96 Å². The van der Waals surface area contributed by atoms with Crippen molar-refractivity contribution in [1.29, 1.82) is 0 Å². The van der Waals surface area contributed by atoms with Crippen molar-refractivity contribution in [2.24, 2.45) is 10.7 Å². The summed E-state index contributed by atoms with van der Waals surface area (Å²) < 4.78 is 25.5. The van der Waals surface area contributed by atoms with E-state index in [1.165, 1.54) is 0 Å². The van der Waals surface area contributed by atoms with E-state index in [0.717, 1.165) is 41.2 Å². The van der Waals surface area contributed by atoms with Crippen molar-refractivity contribution in [3.8, 4) is 11.1 Å². The predicted molar refractivity (Wildman–Crippen MR) is 118 cm³/mol. The number of rotatable bonds is 6. The summed E-state index contributed by atoms with van der Waals surface area (Å²) in [6.45, 7) is 5.17. The lowest BCUT2D eigenvalue weighted by Gasteiger charge is -2.27. The van der Waals surface area contributed by atoms with E-state index in [1.807, 2.05) is 54.3 Å². The maximum atomic E-state index is 14.6. The first kappa shape index (κ1) is 21.1. The number of benzene rings is 2. The number of halogens is 1. The van der Waals surface area contributed by atoms with Gasteiger partial charge in [0.25, 0.3) is 0 Å². The van der Waals surface area contributed by atoms with Crippen LogP contribution < -0.4 is 5.73 Å². The summed E-state index contributed by atoms with van der Waals surface area (Å²) in [7, 11) is 0. The first-order chi connectivity index (χ1) is 15.1. The number of nitrogens with zero attached hydrogens (tertiary/aromatic N) is 3. The molecular formula is C24H27FN4O2. The summed E-state index contributed by atoms with van der Waals surface area (Å²) >= 11 is 0. The fraction of sp³-hybridized carbons (Fsp3) is 0.333. The number of guanidine groups is 1. The normalized spacial score (nSPS) is 14.8. The van der Waals surface area contributed by atoms with E-state index < -0.39 is 0 Å². The van der Waals surface area contributed by atoms with Crippen LogP contribution in [0.4, 0.5) is 4.39 Å². The lowest BCUT2D eigenvalue weighted by molar-refractivity contribution is 0.0674. The number of aliphatic imine (C=N–C) groups is 1. The summed E-state index contributed by atoms with van der Waals surface area (Å²) in [4.78, 5) is 6.46. The first-order valence-corrected chi connectivity index (χ1v) is 10.5. The number of aryl methyl sites for hydroxylation is 2. The second kappa shape index (κ2) is 9.75. The summed E-state index contributed by atoms with van der Waals surface area (Å²) in [5, 5.41) is 4.16. The van der Waals surface area contributed by atoms with Crippen LogP contribution in [-0.4, -0.2) is 42.3 Å². The van der Waals surface area contributed by atoms with Crippen molar-refractivity contribution in [2.75, 3.05) is 26.3 Å². The largest absolute Gasteiger partial charge is 0.378 e. The van der Waals surface area contributed by atoms with Crippen LogP contribution in [0.2, 0.25) is 0 Å². The Balaban J connectivity index is 1.37. The molecule has 4 rings (SSSR count). The Hall–Kier alpha value is -3.19. The maximum absolute atomic E-state index is 14.6. The zero-order chi connectivity index (χ0) is 21.6. The quantitative estimate of drug-likeness (QED) is 0.484. The molecule has 0 atom stereocenters. The van der Waals surface area contributed by atoms with Crippen LogP contribution in [0.3, 0.4) is 0 Å². The molecule has 2 aromatic carbocycles. The molecule has 2 heterocycles. The molecule has 1 aliphatic heterocycles. The third-order valence-corrected chi connectivity index (χ3v) is 5.60. The first-order valence-electron chi connectivity index (χ1n) is 10.5. The average Bonchev–Trinajstić information content (AvgIpc) is 3.16. The van der Waals surface area contributed by atoms with Crippen LogP contribution in [0.15, 0.2) is 58.0 Å². The highest BCUT2D eigenvalue weighted by Gasteiger charge is 2.15. The Bertz CT molecular complexity index is 1040. The summed E-state index contributed by atoms with van der Waals surface area (Å²) in [5.41, 5.74) is 10.2. The maximum Gasteiger partial charge on any atom is 0.191 e. The van der Waals surface area contributed by atoms with Gasteiger partial charge in [-0.05, 0) is 30.5 Å². The molecule has 0 bridgehead atoms. The molecule has 1 aliphatic rings. The van der Waals surface area contributed by atoms with Crippen LogP contribution in [0.25, 0.3) is 11.1 Å². The molecule has 1 fully saturated rings. The monoisotopic (exact) mass is 422 g/mol. The fourth-order valence-corrected chi connectivity index (χ4v) is 3.66. The van der Waals surface area contributed by atoms with Gasteiger partial charge in [-0.2, -0.15) is 0 Å². The highest BCUT2D eigenvalue weighted by atomic mass is 19.1. The van der Waals surface area contributed by atoms with E-state index in [-0.39, 0.29) is 5.82 Å². The lowest BCUT2D eigenvalue weighted by atomic mass is 10.0. The minimum absolute atomic E-state index is 0.216. The van der Waals surface area contributed by atoms with Crippen molar-refractivity contribution < 1.29 is 13.7 Å². The lowest BCUT2D eigenvalue weighted by Crippen LogP contribution is -2.44. The minimum Gasteiger partial charge on any atom is -0.378 e. The van der Waals surface area contributed by atoms with Gasteiger partial charge < -0.3 is 19.9 Å². The van der Waals surface area contributed by atoms with Gasteiger partial charge in [0.1, 0.15) is 17.3 Å². The molecule has 0 radical (unpaired) electrons. The molecule has 3 aromatic rings. The number of aromatic nitrogens is 1. The number of hydrogen-bond donors (Lipinski definition) is 1. The zero-order valence-corrected chi connectivity index (χ0v) is 17.7. The third-order valence-electron chi connectivity index (χ3n) is 5.60. The summed E-state index contributed by atoms with van der Waals surface area (Å²) in [5.74, 6) is 1.08. The van der Waals surface area contributed by atoms with Crippen LogP contribution >= 0.6 is 0 Å². The van der Waals surface area contributed by atoms with Crippen LogP contribution in [0.1, 0.15) is 22.6 Å². The Morgan fingerprint density at radius 3 is 2.65 bits per heavy atom. The van der Waals surface area contributed by atoms with Gasteiger partial charge in [0.05, 0.1) is 19.8 Å². The van der Waals surface area contributed by atoms with Gasteiger partial charge in [-0.15, -0.1) is 0 Å². The Morgan fingerprint density at radius 1 is 1.13 bits per heavy atom. The Labute approximate surface area is 181 Å². The highest BCUT2D eigenvalue weighted by molar-refractivity contribution is 5.78.